The Bertz CT molecular complexity index is 257. The lowest BCUT2D eigenvalue weighted by Gasteiger charge is -2.25. The van der Waals surface area contributed by atoms with Gasteiger partial charge in [0.25, 0.3) is 0 Å². The van der Waals surface area contributed by atoms with Crippen LogP contribution in [0.25, 0.3) is 0 Å². The molecule has 2 N–H and O–H groups in total. The van der Waals surface area contributed by atoms with Gasteiger partial charge in [0.2, 0.25) is 0 Å². The van der Waals surface area contributed by atoms with Gasteiger partial charge in [-0.2, -0.15) is 0 Å². The van der Waals surface area contributed by atoms with Gasteiger partial charge in [0.1, 0.15) is 0 Å². The Labute approximate surface area is 78.6 Å². The Morgan fingerprint density at radius 2 is 2.00 bits per heavy atom. The van der Waals surface area contributed by atoms with E-state index in [0.717, 1.165) is 0 Å². The van der Waals surface area contributed by atoms with E-state index in [1.165, 1.54) is 10.4 Å². The molecule has 0 aliphatic heterocycles. The lowest BCUT2D eigenvalue weighted by atomic mass is 9.86. The average molecular weight is 183 g/mol. The van der Waals surface area contributed by atoms with Gasteiger partial charge in [0.15, 0.2) is 0 Å². The topological polar surface area (TPSA) is 26.0 Å². The summed E-state index contributed by atoms with van der Waals surface area (Å²) >= 11 is 1.76. The molecule has 0 radical (unpaired) electrons. The molecule has 1 unspecified atom stereocenters. The summed E-state index contributed by atoms with van der Waals surface area (Å²) in [7, 11) is 0. The molecule has 1 rings (SSSR count). The van der Waals surface area contributed by atoms with E-state index in [1.807, 2.05) is 0 Å². The van der Waals surface area contributed by atoms with E-state index >= 15 is 0 Å². The van der Waals surface area contributed by atoms with Gasteiger partial charge in [-0.3, -0.25) is 0 Å². The molecule has 0 fully saturated rings. The molecule has 1 nitrogen and oxygen atoms in total. The van der Waals surface area contributed by atoms with E-state index < -0.39 is 0 Å². The average Bonchev–Trinajstić information content (AvgIpc) is 2.32. The van der Waals surface area contributed by atoms with Crippen LogP contribution in [0.4, 0.5) is 0 Å². The molecule has 12 heavy (non-hydrogen) atoms. The molecule has 1 atom stereocenters. The number of nitrogens with two attached hydrogens (primary N) is 1. The molecule has 68 valence electrons. The summed E-state index contributed by atoms with van der Waals surface area (Å²) < 4.78 is 0. The molecular formula is C10H17NS. The maximum Gasteiger partial charge on any atom is 0.0439 e. The maximum absolute atomic E-state index is 6.10. The molecule has 1 aromatic rings. The fraction of sp³-hybridized carbons (Fsp3) is 0.600. The van der Waals surface area contributed by atoms with Crippen LogP contribution in [0.15, 0.2) is 11.4 Å². The molecule has 0 aromatic carbocycles. The van der Waals surface area contributed by atoms with E-state index in [-0.39, 0.29) is 11.5 Å². The fourth-order valence-electron chi connectivity index (χ4n) is 1.04. The first-order chi connectivity index (χ1) is 5.41. The molecule has 1 heterocycles. The molecule has 0 bridgehead atoms. The van der Waals surface area contributed by atoms with Gasteiger partial charge < -0.3 is 5.73 Å². The Hall–Kier alpha value is -0.340. The molecule has 0 amide bonds. The van der Waals surface area contributed by atoms with Crippen LogP contribution in [0.2, 0.25) is 0 Å². The van der Waals surface area contributed by atoms with Crippen molar-refractivity contribution >= 4 is 11.3 Å². The summed E-state index contributed by atoms with van der Waals surface area (Å²) in [6.07, 6.45) is 0. The zero-order valence-electron chi connectivity index (χ0n) is 8.22. The van der Waals surface area contributed by atoms with Crippen LogP contribution < -0.4 is 5.73 Å². The third kappa shape index (κ3) is 2.08. The Kier molecular flexibility index (Phi) is 2.59. The molecule has 0 saturated carbocycles. The zero-order valence-corrected chi connectivity index (χ0v) is 9.03. The van der Waals surface area contributed by atoms with Crippen molar-refractivity contribution in [1.82, 2.24) is 0 Å². The van der Waals surface area contributed by atoms with E-state index in [2.05, 4.69) is 39.1 Å². The van der Waals surface area contributed by atoms with Crippen molar-refractivity contribution in [3.63, 3.8) is 0 Å². The van der Waals surface area contributed by atoms with Gasteiger partial charge in [0, 0.05) is 10.9 Å². The second-order valence-corrected chi connectivity index (χ2v) is 5.31. The second-order valence-electron chi connectivity index (χ2n) is 4.37. The standard InChI is InChI=1S/C10H17NS/c1-7-5-8(12-6-7)9(11)10(2,3)4/h5-6,9H,11H2,1-4H3. The van der Waals surface area contributed by atoms with Crippen molar-refractivity contribution in [1.29, 1.82) is 0 Å². The zero-order chi connectivity index (χ0) is 9.35. The highest BCUT2D eigenvalue weighted by molar-refractivity contribution is 7.10. The van der Waals surface area contributed by atoms with Crippen molar-refractivity contribution in [2.24, 2.45) is 11.1 Å². The number of thiophene rings is 1. The van der Waals surface area contributed by atoms with Crippen molar-refractivity contribution in [2.45, 2.75) is 33.7 Å². The third-order valence-corrected chi connectivity index (χ3v) is 3.12. The number of hydrogen-bond donors (Lipinski definition) is 1. The minimum absolute atomic E-state index is 0.163. The van der Waals surface area contributed by atoms with Crippen LogP contribution in [0, 0.1) is 12.3 Å². The van der Waals surface area contributed by atoms with Gasteiger partial charge in [-0.25, -0.2) is 0 Å². The van der Waals surface area contributed by atoms with Crippen LogP contribution in [0.5, 0.6) is 0 Å². The van der Waals surface area contributed by atoms with Crippen LogP contribution in [0.3, 0.4) is 0 Å². The van der Waals surface area contributed by atoms with Crippen molar-refractivity contribution in [3.05, 3.63) is 21.9 Å². The van der Waals surface area contributed by atoms with E-state index in [0.29, 0.717) is 0 Å². The summed E-state index contributed by atoms with van der Waals surface area (Å²) in [5, 5.41) is 2.15. The van der Waals surface area contributed by atoms with Crippen LogP contribution >= 0.6 is 11.3 Å². The highest BCUT2D eigenvalue weighted by atomic mass is 32.1. The Morgan fingerprint density at radius 1 is 1.42 bits per heavy atom. The molecule has 0 aliphatic carbocycles. The molecule has 0 aliphatic rings. The van der Waals surface area contributed by atoms with Gasteiger partial charge in [-0.1, -0.05) is 20.8 Å². The van der Waals surface area contributed by atoms with E-state index in [1.54, 1.807) is 11.3 Å². The van der Waals surface area contributed by atoms with Crippen LogP contribution in [0.1, 0.15) is 37.3 Å². The van der Waals surface area contributed by atoms with Gasteiger partial charge in [-0.05, 0) is 29.3 Å². The maximum atomic E-state index is 6.10. The lowest BCUT2D eigenvalue weighted by molar-refractivity contribution is 0.331. The first-order valence-corrected chi connectivity index (χ1v) is 5.10. The van der Waals surface area contributed by atoms with E-state index in [4.69, 9.17) is 5.73 Å². The van der Waals surface area contributed by atoms with Gasteiger partial charge in [0.05, 0.1) is 0 Å². The monoisotopic (exact) mass is 183 g/mol. The normalized spacial score (nSPS) is 14.8. The minimum atomic E-state index is 0.163. The van der Waals surface area contributed by atoms with Crippen molar-refractivity contribution in [2.75, 3.05) is 0 Å². The van der Waals surface area contributed by atoms with E-state index in [9.17, 15) is 0 Å². The Morgan fingerprint density at radius 3 is 2.33 bits per heavy atom. The fourth-order valence-corrected chi connectivity index (χ4v) is 2.19. The summed E-state index contributed by atoms with van der Waals surface area (Å²) in [6, 6.07) is 2.34. The van der Waals surface area contributed by atoms with Crippen LogP contribution in [-0.2, 0) is 0 Å². The van der Waals surface area contributed by atoms with Gasteiger partial charge in [-0.15, -0.1) is 11.3 Å². The summed E-state index contributed by atoms with van der Waals surface area (Å²) in [6.45, 7) is 8.63. The number of hydrogen-bond acceptors (Lipinski definition) is 2. The summed E-state index contributed by atoms with van der Waals surface area (Å²) in [5.41, 5.74) is 7.57. The largest absolute Gasteiger partial charge is 0.323 e. The predicted octanol–water partition coefficient (Wildman–Crippen LogP) is 3.10. The van der Waals surface area contributed by atoms with Crippen molar-refractivity contribution in [3.8, 4) is 0 Å². The highest BCUT2D eigenvalue weighted by Crippen LogP contribution is 2.33. The second kappa shape index (κ2) is 3.19. The summed E-state index contributed by atoms with van der Waals surface area (Å²) in [5.74, 6) is 0. The first-order valence-electron chi connectivity index (χ1n) is 4.22. The molecule has 2 heteroatoms. The molecule has 0 saturated heterocycles. The van der Waals surface area contributed by atoms with Crippen molar-refractivity contribution < 1.29 is 0 Å². The predicted molar refractivity (Wildman–Crippen MR) is 55.4 cm³/mol. The minimum Gasteiger partial charge on any atom is -0.323 e. The molecular weight excluding hydrogens is 166 g/mol. The quantitative estimate of drug-likeness (QED) is 0.711. The molecule has 0 spiro atoms. The van der Waals surface area contributed by atoms with Crippen LogP contribution in [-0.4, -0.2) is 0 Å². The van der Waals surface area contributed by atoms with Gasteiger partial charge >= 0.3 is 0 Å². The molecule has 1 aromatic heterocycles. The third-order valence-electron chi connectivity index (χ3n) is 1.99. The summed E-state index contributed by atoms with van der Waals surface area (Å²) in [4.78, 5) is 1.29. The number of rotatable bonds is 1. The first kappa shape index (κ1) is 9.75. The SMILES string of the molecule is Cc1csc(C(N)C(C)(C)C)c1. The Balaban J connectivity index is 2.85. The lowest BCUT2D eigenvalue weighted by Crippen LogP contribution is -2.25. The highest BCUT2D eigenvalue weighted by Gasteiger charge is 2.23. The number of aryl methyl sites for hydroxylation is 1. The smallest absolute Gasteiger partial charge is 0.0439 e.